The van der Waals surface area contributed by atoms with Gasteiger partial charge in [0.2, 0.25) is 0 Å². The maximum Gasteiger partial charge on any atom is 0.264 e. The first-order chi connectivity index (χ1) is 9.46. The van der Waals surface area contributed by atoms with Crippen LogP contribution in [0.2, 0.25) is 0 Å². The van der Waals surface area contributed by atoms with Crippen LogP contribution in [0.25, 0.3) is 0 Å². The molecule has 102 valence electrons. The van der Waals surface area contributed by atoms with Gasteiger partial charge in [0.1, 0.15) is 0 Å². The van der Waals surface area contributed by atoms with E-state index < -0.39 is 10.0 Å². The van der Waals surface area contributed by atoms with Crippen LogP contribution in [-0.2, 0) is 10.0 Å². The summed E-state index contributed by atoms with van der Waals surface area (Å²) in [7, 11) is -2.10. The second kappa shape index (κ2) is 5.35. The normalized spacial score (nSPS) is 10.8. The van der Waals surface area contributed by atoms with E-state index >= 15 is 0 Å². The van der Waals surface area contributed by atoms with Crippen LogP contribution in [0.15, 0.2) is 53.4 Å². The zero-order valence-corrected chi connectivity index (χ0v) is 12.1. The summed E-state index contributed by atoms with van der Waals surface area (Å²) in [6, 6.07) is 15.4. The predicted octanol–water partition coefficient (Wildman–Crippen LogP) is 2.69. The van der Waals surface area contributed by atoms with Gasteiger partial charge in [-0.05, 0) is 42.8 Å². The summed E-state index contributed by atoms with van der Waals surface area (Å²) in [5, 5.41) is 8.89. The van der Waals surface area contributed by atoms with Gasteiger partial charge in [-0.15, -0.1) is 0 Å². The predicted molar refractivity (Wildman–Crippen MR) is 77.9 cm³/mol. The van der Waals surface area contributed by atoms with Gasteiger partial charge in [-0.1, -0.05) is 18.2 Å². The van der Waals surface area contributed by atoms with E-state index in [2.05, 4.69) is 0 Å². The first-order valence-electron chi connectivity index (χ1n) is 6.01. The fraction of sp³-hybridized carbons (Fsp3) is 0.133. The smallest absolute Gasteiger partial charge is 0.264 e. The molecule has 0 aromatic heterocycles. The fourth-order valence-corrected chi connectivity index (χ4v) is 3.14. The second-order valence-corrected chi connectivity index (χ2v) is 6.37. The molecule has 5 heteroatoms. The van der Waals surface area contributed by atoms with Gasteiger partial charge in [0, 0.05) is 7.05 Å². The molecule has 4 nitrogen and oxygen atoms in total. The number of hydrogen-bond donors (Lipinski definition) is 0. The molecule has 0 bridgehead atoms. The lowest BCUT2D eigenvalue weighted by Crippen LogP contribution is -2.26. The third kappa shape index (κ3) is 2.51. The molecule has 2 aromatic rings. The van der Waals surface area contributed by atoms with Gasteiger partial charge >= 0.3 is 0 Å². The molecule has 0 saturated heterocycles. The number of aryl methyl sites for hydroxylation is 1. The Morgan fingerprint density at radius 2 is 1.75 bits per heavy atom. The molecule has 2 aromatic carbocycles. The molecule has 0 aliphatic carbocycles. The molecule has 0 aliphatic rings. The number of para-hydroxylation sites is 1. The number of hydrogen-bond acceptors (Lipinski definition) is 3. The maximum atomic E-state index is 12.5. The van der Waals surface area contributed by atoms with Crippen molar-refractivity contribution in [2.45, 2.75) is 11.8 Å². The van der Waals surface area contributed by atoms with Crippen LogP contribution < -0.4 is 4.31 Å². The van der Waals surface area contributed by atoms with Crippen LogP contribution in [0.4, 0.5) is 5.69 Å². The average Bonchev–Trinajstić information content (AvgIpc) is 2.47. The topological polar surface area (TPSA) is 61.2 Å². The van der Waals surface area contributed by atoms with Crippen molar-refractivity contribution in [2.75, 3.05) is 11.4 Å². The lowest BCUT2D eigenvalue weighted by Gasteiger charge is -2.19. The van der Waals surface area contributed by atoms with Crippen molar-refractivity contribution in [1.29, 1.82) is 5.26 Å². The molecule has 0 saturated carbocycles. The number of nitriles is 1. The van der Waals surface area contributed by atoms with E-state index in [1.807, 2.05) is 12.1 Å². The number of benzene rings is 2. The monoisotopic (exact) mass is 286 g/mol. The van der Waals surface area contributed by atoms with Crippen LogP contribution in [0.3, 0.4) is 0 Å². The molecule has 0 amide bonds. The van der Waals surface area contributed by atoms with Gasteiger partial charge in [-0.3, -0.25) is 4.31 Å². The van der Waals surface area contributed by atoms with Crippen molar-refractivity contribution in [3.8, 4) is 6.07 Å². The molecule has 0 spiro atoms. The van der Waals surface area contributed by atoms with Gasteiger partial charge in [0.05, 0.1) is 22.2 Å². The van der Waals surface area contributed by atoms with Crippen molar-refractivity contribution in [2.24, 2.45) is 0 Å². The third-order valence-corrected chi connectivity index (χ3v) is 4.88. The van der Waals surface area contributed by atoms with Gasteiger partial charge in [-0.25, -0.2) is 8.42 Å². The highest BCUT2D eigenvalue weighted by atomic mass is 32.2. The molecule has 0 radical (unpaired) electrons. The Morgan fingerprint density at radius 3 is 2.30 bits per heavy atom. The lowest BCUT2D eigenvalue weighted by atomic mass is 10.1. The summed E-state index contributed by atoms with van der Waals surface area (Å²) in [6.45, 7) is 1.72. The minimum Gasteiger partial charge on any atom is -0.269 e. The molecule has 0 unspecified atom stereocenters. The Balaban J connectivity index is 2.46. The summed E-state index contributed by atoms with van der Waals surface area (Å²) in [6.07, 6.45) is 0. The Hall–Kier alpha value is -2.32. The lowest BCUT2D eigenvalue weighted by molar-refractivity contribution is 0.594. The van der Waals surface area contributed by atoms with Crippen molar-refractivity contribution >= 4 is 15.7 Å². The molecule has 20 heavy (non-hydrogen) atoms. The number of anilines is 1. The summed E-state index contributed by atoms with van der Waals surface area (Å²) in [5.74, 6) is 0. The van der Waals surface area contributed by atoms with E-state index in [0.29, 0.717) is 16.8 Å². The largest absolute Gasteiger partial charge is 0.269 e. The van der Waals surface area contributed by atoms with Gasteiger partial charge < -0.3 is 0 Å². The molecular weight excluding hydrogens is 272 g/mol. The van der Waals surface area contributed by atoms with Crippen LogP contribution in [-0.4, -0.2) is 15.5 Å². The highest BCUT2D eigenvalue weighted by Crippen LogP contribution is 2.23. The van der Waals surface area contributed by atoms with E-state index in [9.17, 15) is 8.42 Å². The van der Waals surface area contributed by atoms with Crippen molar-refractivity contribution in [3.63, 3.8) is 0 Å². The molecule has 0 aliphatic heterocycles. The first kappa shape index (κ1) is 14.1. The Morgan fingerprint density at radius 1 is 1.10 bits per heavy atom. The van der Waals surface area contributed by atoms with Crippen molar-refractivity contribution in [3.05, 3.63) is 59.7 Å². The number of nitrogens with zero attached hydrogens (tertiary/aromatic N) is 2. The maximum absolute atomic E-state index is 12.5. The van der Waals surface area contributed by atoms with Crippen LogP contribution in [0.1, 0.15) is 11.1 Å². The van der Waals surface area contributed by atoms with Gasteiger partial charge in [0.25, 0.3) is 10.0 Å². The second-order valence-electron chi connectivity index (χ2n) is 4.40. The number of rotatable bonds is 3. The van der Waals surface area contributed by atoms with Crippen LogP contribution >= 0.6 is 0 Å². The summed E-state index contributed by atoms with van der Waals surface area (Å²) in [5.41, 5.74) is 1.72. The van der Waals surface area contributed by atoms with E-state index in [4.69, 9.17) is 5.26 Å². The standard InChI is InChI=1S/C15H14N2O2S/c1-12-10-15(9-8-13(12)11-16)20(18,19)17(2)14-6-4-3-5-7-14/h3-10H,1-2H3. The third-order valence-electron chi connectivity index (χ3n) is 3.10. The molecular formula is C15H14N2O2S. The van der Waals surface area contributed by atoms with Crippen LogP contribution in [0.5, 0.6) is 0 Å². The quantitative estimate of drug-likeness (QED) is 0.871. The molecule has 2 rings (SSSR count). The summed E-state index contributed by atoms with van der Waals surface area (Å²) >= 11 is 0. The van der Waals surface area contributed by atoms with Gasteiger partial charge in [-0.2, -0.15) is 5.26 Å². The Labute approximate surface area is 118 Å². The van der Waals surface area contributed by atoms with E-state index in [1.54, 1.807) is 31.2 Å². The Bertz CT molecular complexity index is 762. The molecule has 0 atom stereocenters. The van der Waals surface area contributed by atoms with Gasteiger partial charge in [0.15, 0.2) is 0 Å². The zero-order valence-electron chi connectivity index (χ0n) is 11.2. The first-order valence-corrected chi connectivity index (χ1v) is 7.45. The highest BCUT2D eigenvalue weighted by Gasteiger charge is 2.21. The molecule has 0 heterocycles. The minimum absolute atomic E-state index is 0.181. The van der Waals surface area contributed by atoms with Crippen molar-refractivity contribution < 1.29 is 8.42 Å². The number of sulfonamides is 1. The minimum atomic E-state index is -3.62. The molecule has 0 fully saturated rings. The van der Waals surface area contributed by atoms with Crippen LogP contribution in [0, 0.1) is 18.3 Å². The summed E-state index contributed by atoms with van der Waals surface area (Å²) < 4.78 is 26.3. The van der Waals surface area contributed by atoms with Crippen molar-refractivity contribution in [1.82, 2.24) is 0 Å². The highest BCUT2D eigenvalue weighted by molar-refractivity contribution is 7.92. The van der Waals surface area contributed by atoms with E-state index in [-0.39, 0.29) is 4.90 Å². The Kier molecular flexibility index (Phi) is 3.77. The fourth-order valence-electron chi connectivity index (χ4n) is 1.86. The van der Waals surface area contributed by atoms with E-state index in [1.165, 1.54) is 29.6 Å². The zero-order chi connectivity index (χ0) is 14.8. The summed E-state index contributed by atoms with van der Waals surface area (Å²) in [4.78, 5) is 0.181. The SMILES string of the molecule is Cc1cc(S(=O)(=O)N(C)c2ccccc2)ccc1C#N. The molecule has 0 N–H and O–H groups in total. The van der Waals surface area contributed by atoms with E-state index in [0.717, 1.165) is 0 Å². The average molecular weight is 286 g/mol.